The third-order valence-electron chi connectivity index (χ3n) is 1.28. The van der Waals surface area contributed by atoms with Gasteiger partial charge in [0.25, 0.3) is 0 Å². The number of methoxy groups -OCH3 is 1. The monoisotopic (exact) mass is 250 g/mol. The first kappa shape index (κ1) is 18.2. The van der Waals surface area contributed by atoms with Crippen LogP contribution in [0.5, 0.6) is 0 Å². The summed E-state index contributed by atoms with van der Waals surface area (Å²) in [5, 5.41) is 0. The van der Waals surface area contributed by atoms with E-state index in [1.807, 2.05) is 0 Å². The van der Waals surface area contributed by atoms with E-state index in [0.717, 1.165) is 0 Å². The Bertz CT molecular complexity index is 218. The van der Waals surface area contributed by atoms with E-state index in [9.17, 15) is 13.0 Å². The molecule has 0 aromatic heterocycles. The summed E-state index contributed by atoms with van der Waals surface area (Å²) in [5.74, 6) is -0.495. The Kier molecular flexibility index (Phi) is 13.7. The summed E-state index contributed by atoms with van der Waals surface area (Å²) in [6.45, 7) is 1.54. The molecule has 0 unspecified atom stereocenters. The van der Waals surface area contributed by atoms with Crippen LogP contribution in [0.25, 0.3) is 0 Å². The maximum Gasteiger partial charge on any atom is 1.00 e. The molecule has 0 saturated heterocycles. The topological polar surface area (TPSA) is 84.9 Å². The first-order chi connectivity index (χ1) is 6.56. The fourth-order valence-corrected chi connectivity index (χ4v) is 0.947. The third kappa shape index (κ3) is 17.4. The van der Waals surface area contributed by atoms with E-state index in [1.165, 1.54) is 0 Å². The third-order valence-corrected chi connectivity index (χ3v) is 1.95. The summed E-state index contributed by atoms with van der Waals surface area (Å²) in [7, 11) is -2.59. The van der Waals surface area contributed by atoms with Crippen LogP contribution in [0.2, 0.25) is 0 Å². The second-order valence-corrected chi connectivity index (χ2v) is 4.00. The zero-order chi connectivity index (χ0) is 10.9. The molecule has 86 valence electrons. The van der Waals surface area contributed by atoms with Crippen molar-refractivity contribution in [3.63, 3.8) is 0 Å². The molecule has 0 aliphatic heterocycles. The van der Waals surface area contributed by atoms with Crippen molar-refractivity contribution < 1.29 is 56.7 Å². The minimum Gasteiger partial charge on any atom is -0.748 e. The van der Waals surface area contributed by atoms with Gasteiger partial charge in [-0.1, -0.05) is 0 Å². The van der Waals surface area contributed by atoms with Crippen LogP contribution < -0.4 is 29.6 Å². The number of rotatable bonds is 9. The van der Waals surface area contributed by atoms with Crippen LogP contribution in [-0.4, -0.2) is 58.9 Å². The molecule has 0 aliphatic rings. The SMILES string of the molecule is COCCOCCOCCS(=O)(=O)[O-].[Na+]. The summed E-state index contributed by atoms with van der Waals surface area (Å²) >= 11 is 0. The number of ether oxygens (including phenoxy) is 3. The largest absolute Gasteiger partial charge is 1.00 e. The molecule has 0 bridgehead atoms. The molecule has 0 aliphatic carbocycles. The van der Waals surface area contributed by atoms with Crippen molar-refractivity contribution in [3.8, 4) is 0 Å². The minimum absolute atomic E-state index is 0. The van der Waals surface area contributed by atoms with Gasteiger partial charge in [0.15, 0.2) is 0 Å². The molecular weight excluding hydrogens is 235 g/mol. The molecule has 0 rings (SSSR count). The van der Waals surface area contributed by atoms with E-state index in [0.29, 0.717) is 19.8 Å². The standard InChI is InChI=1S/C7H16O6S.Na/c1-11-2-3-12-4-5-13-6-7-14(8,9)10;/h2-7H2,1H3,(H,8,9,10);/q;+1/p-1. The van der Waals surface area contributed by atoms with E-state index >= 15 is 0 Å². The van der Waals surface area contributed by atoms with E-state index in [4.69, 9.17) is 14.2 Å². The van der Waals surface area contributed by atoms with Crippen LogP contribution >= 0.6 is 0 Å². The summed E-state index contributed by atoms with van der Waals surface area (Å²) in [4.78, 5) is 0. The van der Waals surface area contributed by atoms with Crippen molar-refractivity contribution >= 4 is 10.1 Å². The van der Waals surface area contributed by atoms with Crippen molar-refractivity contribution in [2.75, 3.05) is 45.9 Å². The summed E-state index contributed by atoms with van der Waals surface area (Å²) in [6, 6.07) is 0. The molecular formula is C7H15NaO6S. The number of hydrogen-bond donors (Lipinski definition) is 0. The van der Waals surface area contributed by atoms with Gasteiger partial charge in [-0.25, -0.2) is 8.42 Å². The van der Waals surface area contributed by atoms with Gasteiger partial charge in [0.2, 0.25) is 0 Å². The van der Waals surface area contributed by atoms with Crippen molar-refractivity contribution in [2.45, 2.75) is 0 Å². The van der Waals surface area contributed by atoms with Crippen LogP contribution in [-0.2, 0) is 24.3 Å². The van der Waals surface area contributed by atoms with Crippen molar-refractivity contribution in [2.24, 2.45) is 0 Å². The van der Waals surface area contributed by atoms with Crippen LogP contribution in [0.15, 0.2) is 0 Å². The molecule has 0 atom stereocenters. The van der Waals surface area contributed by atoms with Gasteiger partial charge in [0.1, 0.15) is 0 Å². The van der Waals surface area contributed by atoms with Crippen molar-refractivity contribution in [1.82, 2.24) is 0 Å². The molecule has 0 aromatic rings. The Hall–Kier alpha value is 0.790. The molecule has 8 heteroatoms. The molecule has 0 aromatic carbocycles. The average Bonchev–Trinajstić information content (AvgIpc) is 2.08. The van der Waals surface area contributed by atoms with Gasteiger partial charge < -0.3 is 18.8 Å². The Morgan fingerprint density at radius 2 is 1.47 bits per heavy atom. The molecule has 6 nitrogen and oxygen atoms in total. The molecule has 0 N–H and O–H groups in total. The zero-order valence-electron chi connectivity index (χ0n) is 9.10. The maximum absolute atomic E-state index is 10.1. The second kappa shape index (κ2) is 11.3. The van der Waals surface area contributed by atoms with Gasteiger partial charge >= 0.3 is 29.6 Å². The molecule has 15 heavy (non-hydrogen) atoms. The van der Waals surface area contributed by atoms with Crippen LogP contribution in [0.1, 0.15) is 0 Å². The fourth-order valence-electron chi connectivity index (χ4n) is 0.625. The Morgan fingerprint density at radius 1 is 1.00 bits per heavy atom. The van der Waals surface area contributed by atoms with E-state index in [-0.39, 0.29) is 42.8 Å². The van der Waals surface area contributed by atoms with Crippen molar-refractivity contribution in [1.29, 1.82) is 0 Å². The first-order valence-corrected chi connectivity index (χ1v) is 5.72. The van der Waals surface area contributed by atoms with Crippen LogP contribution in [0.4, 0.5) is 0 Å². The van der Waals surface area contributed by atoms with E-state index in [2.05, 4.69) is 0 Å². The summed E-state index contributed by atoms with van der Waals surface area (Å²) in [6.07, 6.45) is 0. The minimum atomic E-state index is -4.16. The summed E-state index contributed by atoms with van der Waals surface area (Å²) < 4.78 is 45.0. The Balaban J connectivity index is 0. The average molecular weight is 250 g/mol. The Labute approximate surface area is 112 Å². The molecule has 0 spiro atoms. The van der Waals surface area contributed by atoms with Crippen LogP contribution in [0, 0.1) is 0 Å². The molecule has 0 fully saturated rings. The van der Waals surface area contributed by atoms with Crippen molar-refractivity contribution in [3.05, 3.63) is 0 Å². The molecule has 0 saturated carbocycles. The van der Waals surface area contributed by atoms with E-state index < -0.39 is 15.9 Å². The molecule has 0 radical (unpaired) electrons. The normalized spacial score (nSPS) is 11.1. The quantitative estimate of drug-likeness (QED) is 0.237. The fraction of sp³-hybridized carbons (Fsp3) is 1.00. The van der Waals surface area contributed by atoms with Gasteiger partial charge in [-0.2, -0.15) is 0 Å². The van der Waals surface area contributed by atoms with Gasteiger partial charge in [0.05, 0.1) is 48.9 Å². The molecule has 0 amide bonds. The van der Waals surface area contributed by atoms with Crippen LogP contribution in [0.3, 0.4) is 0 Å². The first-order valence-electron chi connectivity index (χ1n) is 4.14. The van der Waals surface area contributed by atoms with Gasteiger partial charge in [-0.15, -0.1) is 0 Å². The second-order valence-electron chi connectivity index (χ2n) is 2.48. The summed E-state index contributed by atoms with van der Waals surface area (Å²) in [5.41, 5.74) is 0. The predicted octanol–water partition coefficient (Wildman–Crippen LogP) is -3.78. The van der Waals surface area contributed by atoms with Gasteiger partial charge in [-0.05, 0) is 0 Å². The predicted molar refractivity (Wildman–Crippen MR) is 48.1 cm³/mol. The van der Waals surface area contributed by atoms with E-state index in [1.54, 1.807) is 7.11 Å². The zero-order valence-corrected chi connectivity index (χ0v) is 11.9. The van der Waals surface area contributed by atoms with Gasteiger partial charge in [0, 0.05) is 7.11 Å². The smallest absolute Gasteiger partial charge is 0.748 e. The maximum atomic E-state index is 10.1. The molecule has 0 heterocycles. The Morgan fingerprint density at radius 3 is 1.93 bits per heavy atom. The van der Waals surface area contributed by atoms with Gasteiger partial charge in [-0.3, -0.25) is 0 Å². The number of hydrogen-bond acceptors (Lipinski definition) is 6.